The van der Waals surface area contributed by atoms with E-state index in [2.05, 4.69) is 4.72 Å². The molecule has 0 saturated carbocycles. The van der Waals surface area contributed by atoms with Gasteiger partial charge in [0, 0.05) is 0 Å². The number of rotatable bonds is 4. The third-order valence-electron chi connectivity index (χ3n) is 2.00. The van der Waals surface area contributed by atoms with Crippen LogP contribution in [0.4, 0.5) is 0 Å². The van der Waals surface area contributed by atoms with Gasteiger partial charge in [-0.25, -0.2) is 8.93 Å². The average molecular weight is 269 g/mol. The van der Waals surface area contributed by atoms with Crippen molar-refractivity contribution in [2.75, 3.05) is 0 Å². The molecule has 0 amide bonds. The summed E-state index contributed by atoms with van der Waals surface area (Å²) >= 11 is 0. The molecule has 1 aromatic rings. The van der Waals surface area contributed by atoms with Gasteiger partial charge >= 0.3 is 5.97 Å². The molecule has 1 N–H and O–H groups in total. The SMILES string of the molecule is C[C@@H](NS(=O)c1ccccc1)C(=O)OC(C)(C)C. The third-order valence-corrected chi connectivity index (χ3v) is 3.27. The van der Waals surface area contributed by atoms with Gasteiger partial charge in [0.1, 0.15) is 22.6 Å². The maximum Gasteiger partial charge on any atom is 0.324 e. The average Bonchev–Trinajstić information content (AvgIpc) is 2.27. The zero-order valence-electron chi connectivity index (χ0n) is 11.1. The minimum Gasteiger partial charge on any atom is -0.459 e. The van der Waals surface area contributed by atoms with E-state index in [0.717, 1.165) is 0 Å². The molecule has 0 fully saturated rings. The molecular formula is C13H19NO3S. The van der Waals surface area contributed by atoms with Gasteiger partial charge in [-0.3, -0.25) is 4.79 Å². The van der Waals surface area contributed by atoms with E-state index in [0.29, 0.717) is 4.90 Å². The molecule has 0 aliphatic carbocycles. The van der Waals surface area contributed by atoms with Crippen LogP contribution in [-0.2, 0) is 20.5 Å². The summed E-state index contributed by atoms with van der Waals surface area (Å²) in [5.41, 5.74) is -0.540. The fourth-order valence-electron chi connectivity index (χ4n) is 1.21. The molecule has 0 aliphatic rings. The van der Waals surface area contributed by atoms with Gasteiger partial charge in [0.05, 0.1) is 4.90 Å². The number of nitrogens with one attached hydrogen (secondary N) is 1. The normalized spacial score (nSPS) is 14.9. The summed E-state index contributed by atoms with van der Waals surface area (Å²) in [6, 6.07) is 8.30. The van der Waals surface area contributed by atoms with Gasteiger partial charge in [0.15, 0.2) is 0 Å². The van der Waals surface area contributed by atoms with Gasteiger partial charge in [-0.2, -0.15) is 0 Å². The van der Waals surface area contributed by atoms with E-state index in [1.807, 2.05) is 6.07 Å². The van der Waals surface area contributed by atoms with E-state index in [9.17, 15) is 9.00 Å². The molecule has 0 aromatic heterocycles. The van der Waals surface area contributed by atoms with E-state index in [-0.39, 0.29) is 0 Å². The highest BCUT2D eigenvalue weighted by Crippen LogP contribution is 2.09. The fraction of sp³-hybridized carbons (Fsp3) is 0.462. The first kappa shape index (κ1) is 14.9. The minimum atomic E-state index is -1.41. The van der Waals surface area contributed by atoms with Gasteiger partial charge < -0.3 is 4.74 Å². The quantitative estimate of drug-likeness (QED) is 0.851. The van der Waals surface area contributed by atoms with Crippen molar-refractivity contribution in [3.63, 3.8) is 0 Å². The first-order chi connectivity index (χ1) is 8.29. The zero-order valence-corrected chi connectivity index (χ0v) is 11.9. The van der Waals surface area contributed by atoms with Crippen molar-refractivity contribution in [2.24, 2.45) is 0 Å². The molecule has 5 heteroatoms. The van der Waals surface area contributed by atoms with Crippen LogP contribution in [0.3, 0.4) is 0 Å². The van der Waals surface area contributed by atoms with Crippen LogP contribution in [0, 0.1) is 0 Å². The van der Waals surface area contributed by atoms with Gasteiger partial charge in [0.25, 0.3) is 0 Å². The van der Waals surface area contributed by atoms with Gasteiger partial charge in [-0.15, -0.1) is 0 Å². The maximum absolute atomic E-state index is 11.9. The smallest absolute Gasteiger partial charge is 0.324 e. The lowest BCUT2D eigenvalue weighted by Gasteiger charge is -2.22. The molecule has 0 saturated heterocycles. The lowest BCUT2D eigenvalue weighted by atomic mass is 10.2. The second kappa shape index (κ2) is 6.11. The Morgan fingerprint density at radius 3 is 2.33 bits per heavy atom. The molecule has 2 atom stereocenters. The Morgan fingerprint density at radius 2 is 1.83 bits per heavy atom. The molecular weight excluding hydrogens is 250 g/mol. The Labute approximate surface area is 110 Å². The monoisotopic (exact) mass is 269 g/mol. The molecule has 4 nitrogen and oxygen atoms in total. The molecule has 18 heavy (non-hydrogen) atoms. The van der Waals surface area contributed by atoms with Crippen LogP contribution in [0.1, 0.15) is 27.7 Å². The predicted molar refractivity (Wildman–Crippen MR) is 71.3 cm³/mol. The standard InChI is InChI=1S/C13H19NO3S/c1-10(12(15)17-13(2,3)4)14-18(16)11-8-6-5-7-9-11/h5-10,14H,1-4H3/t10-,18?/m1/s1. The molecule has 1 aromatic carbocycles. The minimum absolute atomic E-state index is 0.410. The lowest BCUT2D eigenvalue weighted by molar-refractivity contribution is -0.156. The Balaban J connectivity index is 2.58. The first-order valence-electron chi connectivity index (χ1n) is 5.75. The Hall–Kier alpha value is -1.20. The molecule has 0 aliphatic heterocycles. The van der Waals surface area contributed by atoms with Crippen LogP contribution in [0.25, 0.3) is 0 Å². The first-order valence-corrected chi connectivity index (χ1v) is 6.90. The highest BCUT2D eigenvalue weighted by molar-refractivity contribution is 7.83. The predicted octanol–water partition coefficient (Wildman–Crippen LogP) is 2.03. The van der Waals surface area contributed by atoms with E-state index < -0.39 is 28.6 Å². The summed E-state index contributed by atoms with van der Waals surface area (Å²) in [5, 5.41) is 0. The number of carbonyl (C=O) groups excluding carboxylic acids is 1. The Bertz CT molecular complexity index is 426. The van der Waals surface area contributed by atoms with E-state index in [4.69, 9.17) is 4.74 Å². The molecule has 0 radical (unpaired) electrons. The molecule has 0 bridgehead atoms. The largest absolute Gasteiger partial charge is 0.459 e. The molecule has 0 spiro atoms. The number of esters is 1. The highest BCUT2D eigenvalue weighted by atomic mass is 32.2. The molecule has 0 heterocycles. The van der Waals surface area contributed by atoms with Crippen molar-refractivity contribution < 1.29 is 13.7 Å². The molecule has 1 rings (SSSR count). The number of hydrogen-bond acceptors (Lipinski definition) is 3. The van der Waals surface area contributed by atoms with Gasteiger partial charge in [-0.1, -0.05) is 18.2 Å². The fourth-order valence-corrected chi connectivity index (χ4v) is 2.17. The zero-order chi connectivity index (χ0) is 13.8. The highest BCUT2D eigenvalue weighted by Gasteiger charge is 2.23. The second-order valence-corrected chi connectivity index (χ2v) is 6.20. The summed E-state index contributed by atoms with van der Waals surface area (Å²) in [6.45, 7) is 7.03. The van der Waals surface area contributed by atoms with Crippen molar-refractivity contribution in [3.05, 3.63) is 30.3 Å². The Kier molecular flexibility index (Phi) is 5.04. The van der Waals surface area contributed by atoms with E-state index in [1.54, 1.807) is 52.0 Å². The summed E-state index contributed by atoms with van der Waals surface area (Å²) in [7, 11) is -1.41. The lowest BCUT2D eigenvalue weighted by Crippen LogP contribution is -2.40. The molecule has 1 unspecified atom stereocenters. The summed E-state index contributed by atoms with van der Waals surface area (Å²) in [5.74, 6) is -0.410. The number of benzene rings is 1. The summed E-state index contributed by atoms with van der Waals surface area (Å²) < 4.78 is 19.8. The van der Waals surface area contributed by atoms with Crippen LogP contribution in [-0.4, -0.2) is 21.8 Å². The third kappa shape index (κ3) is 4.98. The summed E-state index contributed by atoms with van der Waals surface area (Å²) in [4.78, 5) is 12.3. The van der Waals surface area contributed by atoms with Crippen LogP contribution in [0.5, 0.6) is 0 Å². The van der Waals surface area contributed by atoms with Gasteiger partial charge in [0.2, 0.25) is 0 Å². The van der Waals surface area contributed by atoms with Gasteiger partial charge in [-0.05, 0) is 39.8 Å². The Morgan fingerprint density at radius 1 is 1.28 bits per heavy atom. The van der Waals surface area contributed by atoms with Crippen LogP contribution in [0.15, 0.2) is 35.2 Å². The van der Waals surface area contributed by atoms with E-state index in [1.165, 1.54) is 0 Å². The maximum atomic E-state index is 11.9. The second-order valence-electron chi connectivity index (χ2n) is 4.95. The van der Waals surface area contributed by atoms with E-state index >= 15 is 0 Å². The number of hydrogen-bond donors (Lipinski definition) is 1. The number of carbonyl (C=O) groups is 1. The topological polar surface area (TPSA) is 55.4 Å². The molecule has 100 valence electrons. The summed E-state index contributed by atoms with van der Waals surface area (Å²) in [6.07, 6.45) is 0. The van der Waals surface area contributed by atoms with Crippen LogP contribution >= 0.6 is 0 Å². The van der Waals surface area contributed by atoms with Crippen LogP contribution in [0.2, 0.25) is 0 Å². The number of ether oxygens (including phenoxy) is 1. The van der Waals surface area contributed by atoms with Crippen molar-refractivity contribution in [1.29, 1.82) is 0 Å². The van der Waals surface area contributed by atoms with Crippen molar-refractivity contribution >= 4 is 17.0 Å². The van der Waals surface area contributed by atoms with Crippen LogP contribution < -0.4 is 4.72 Å². The van der Waals surface area contributed by atoms with Crippen molar-refractivity contribution in [2.45, 2.75) is 44.2 Å². The van der Waals surface area contributed by atoms with Crippen molar-refractivity contribution in [1.82, 2.24) is 4.72 Å². The van der Waals surface area contributed by atoms with Crippen molar-refractivity contribution in [3.8, 4) is 0 Å².